The van der Waals surface area contributed by atoms with Crippen molar-refractivity contribution < 1.29 is 19.1 Å². The van der Waals surface area contributed by atoms with Crippen LogP contribution in [-0.4, -0.2) is 41.9 Å². The molecule has 0 radical (unpaired) electrons. The van der Waals surface area contributed by atoms with E-state index in [1.807, 2.05) is 17.5 Å². The molecule has 1 heterocycles. The zero-order chi connectivity index (χ0) is 19.9. The Balaban J connectivity index is 1.39. The third-order valence-corrected chi connectivity index (χ3v) is 7.52. The second-order valence-electron chi connectivity index (χ2n) is 9.11. The first kappa shape index (κ1) is 19.4. The van der Waals surface area contributed by atoms with Gasteiger partial charge in [0.05, 0.1) is 12.0 Å². The minimum absolute atomic E-state index is 0.0316. The number of carbonyl (C=O) groups is 3. The predicted molar refractivity (Wildman–Crippen MR) is 105 cm³/mol. The lowest BCUT2D eigenvalue weighted by atomic mass is 9.47. The number of nitrogens with one attached hydrogen (secondary N) is 1. The summed E-state index contributed by atoms with van der Waals surface area (Å²) in [6.07, 6.45) is 5.34. The Morgan fingerprint density at radius 2 is 1.96 bits per heavy atom. The zero-order valence-corrected chi connectivity index (χ0v) is 17.3. The fraction of sp³-hybridized carbons (Fsp3) is 0.667. The summed E-state index contributed by atoms with van der Waals surface area (Å²) < 4.78 is 5.54. The summed E-state index contributed by atoms with van der Waals surface area (Å²) in [4.78, 5) is 39.9. The average Bonchev–Trinajstić information content (AvgIpc) is 3.09. The highest BCUT2D eigenvalue weighted by Gasteiger charge is 2.61. The van der Waals surface area contributed by atoms with Crippen LogP contribution in [0.15, 0.2) is 17.5 Å². The van der Waals surface area contributed by atoms with E-state index in [9.17, 15) is 14.4 Å². The Hall–Kier alpha value is -1.89. The molecule has 28 heavy (non-hydrogen) atoms. The molecule has 1 aromatic rings. The van der Waals surface area contributed by atoms with Gasteiger partial charge in [-0.15, -0.1) is 11.3 Å². The van der Waals surface area contributed by atoms with Crippen molar-refractivity contribution in [3.8, 4) is 0 Å². The number of ether oxygens (including phenoxy) is 1. The first-order valence-corrected chi connectivity index (χ1v) is 10.9. The SMILES string of the molecule is CC(=O)NC12CC3CC(C1)CC(C(=O)OCC(=O)N(C)Cc1cccs1)(C3)C2. The maximum Gasteiger partial charge on any atom is 0.312 e. The molecular weight excluding hydrogens is 376 g/mol. The summed E-state index contributed by atoms with van der Waals surface area (Å²) in [5.41, 5.74) is -0.811. The van der Waals surface area contributed by atoms with Crippen molar-refractivity contribution in [1.82, 2.24) is 10.2 Å². The van der Waals surface area contributed by atoms with Gasteiger partial charge in [-0.3, -0.25) is 14.4 Å². The van der Waals surface area contributed by atoms with Gasteiger partial charge < -0.3 is 15.0 Å². The molecule has 1 N–H and O–H groups in total. The van der Waals surface area contributed by atoms with Crippen LogP contribution in [0.4, 0.5) is 0 Å². The fourth-order valence-electron chi connectivity index (χ4n) is 6.14. The molecule has 2 unspecified atom stereocenters. The highest BCUT2D eigenvalue weighted by molar-refractivity contribution is 7.09. The van der Waals surface area contributed by atoms with Crippen LogP contribution in [0.1, 0.15) is 50.3 Å². The Labute approximate surface area is 169 Å². The molecule has 4 fully saturated rings. The molecule has 0 aliphatic heterocycles. The topological polar surface area (TPSA) is 75.7 Å². The fourth-order valence-corrected chi connectivity index (χ4v) is 6.89. The minimum atomic E-state index is -0.543. The number of likely N-dealkylation sites (N-methyl/N-ethyl adjacent to an activating group) is 1. The lowest BCUT2D eigenvalue weighted by molar-refractivity contribution is -0.178. The maximum absolute atomic E-state index is 13.1. The van der Waals surface area contributed by atoms with Crippen molar-refractivity contribution in [2.75, 3.05) is 13.7 Å². The van der Waals surface area contributed by atoms with E-state index in [2.05, 4.69) is 5.32 Å². The summed E-state index contributed by atoms with van der Waals surface area (Å²) in [5, 5.41) is 5.13. The van der Waals surface area contributed by atoms with Crippen molar-refractivity contribution in [2.45, 2.75) is 57.5 Å². The van der Waals surface area contributed by atoms with E-state index in [0.29, 0.717) is 24.8 Å². The van der Waals surface area contributed by atoms with Gasteiger partial charge in [-0.05, 0) is 61.8 Å². The molecule has 0 aromatic carbocycles. The summed E-state index contributed by atoms with van der Waals surface area (Å²) >= 11 is 1.60. The molecule has 152 valence electrons. The van der Waals surface area contributed by atoms with E-state index in [1.54, 1.807) is 30.2 Å². The largest absolute Gasteiger partial charge is 0.455 e. The van der Waals surface area contributed by atoms with Gasteiger partial charge in [-0.1, -0.05) is 6.07 Å². The smallest absolute Gasteiger partial charge is 0.312 e. The highest BCUT2D eigenvalue weighted by atomic mass is 32.1. The number of nitrogens with zero attached hydrogens (tertiary/aromatic N) is 1. The van der Waals surface area contributed by atoms with Crippen molar-refractivity contribution in [3.63, 3.8) is 0 Å². The van der Waals surface area contributed by atoms with Crippen molar-refractivity contribution in [1.29, 1.82) is 0 Å². The van der Waals surface area contributed by atoms with Gasteiger partial charge in [0, 0.05) is 24.4 Å². The third kappa shape index (κ3) is 3.69. The molecule has 4 aliphatic carbocycles. The Bertz CT molecular complexity index is 761. The van der Waals surface area contributed by atoms with Crippen LogP contribution in [-0.2, 0) is 25.7 Å². The van der Waals surface area contributed by atoms with Gasteiger partial charge >= 0.3 is 5.97 Å². The Morgan fingerprint density at radius 1 is 1.25 bits per heavy atom. The van der Waals surface area contributed by atoms with Crippen LogP contribution in [0.2, 0.25) is 0 Å². The van der Waals surface area contributed by atoms with E-state index in [-0.39, 0.29) is 29.9 Å². The predicted octanol–water partition coefficient (Wildman–Crippen LogP) is 2.72. The zero-order valence-electron chi connectivity index (χ0n) is 16.5. The summed E-state index contributed by atoms with van der Waals surface area (Å²) in [7, 11) is 1.73. The Morgan fingerprint density at radius 3 is 2.57 bits per heavy atom. The minimum Gasteiger partial charge on any atom is -0.455 e. The second-order valence-corrected chi connectivity index (χ2v) is 10.1. The molecule has 7 heteroatoms. The van der Waals surface area contributed by atoms with Crippen molar-refractivity contribution in [3.05, 3.63) is 22.4 Å². The van der Waals surface area contributed by atoms with E-state index < -0.39 is 5.41 Å². The van der Waals surface area contributed by atoms with Gasteiger partial charge in [0.2, 0.25) is 5.91 Å². The third-order valence-electron chi connectivity index (χ3n) is 6.66. The van der Waals surface area contributed by atoms with Gasteiger partial charge in [-0.25, -0.2) is 0 Å². The van der Waals surface area contributed by atoms with Gasteiger partial charge in [-0.2, -0.15) is 0 Å². The first-order valence-electron chi connectivity index (χ1n) is 10.0. The molecule has 4 saturated carbocycles. The molecule has 4 bridgehead atoms. The first-order chi connectivity index (χ1) is 13.3. The Kier molecular flexibility index (Phi) is 4.98. The summed E-state index contributed by atoms with van der Waals surface area (Å²) in [6.45, 7) is 1.85. The molecule has 0 spiro atoms. The summed E-state index contributed by atoms with van der Waals surface area (Å²) in [6, 6.07) is 3.94. The van der Waals surface area contributed by atoms with Crippen LogP contribution >= 0.6 is 11.3 Å². The van der Waals surface area contributed by atoms with E-state index >= 15 is 0 Å². The molecule has 4 aliphatic rings. The van der Waals surface area contributed by atoms with Crippen molar-refractivity contribution >= 4 is 29.1 Å². The summed E-state index contributed by atoms with van der Waals surface area (Å²) in [5.74, 6) is 0.434. The molecular formula is C21H28N2O4S. The number of rotatable bonds is 6. The van der Waals surface area contributed by atoms with Gasteiger partial charge in [0.25, 0.3) is 5.91 Å². The highest BCUT2D eigenvalue weighted by Crippen LogP contribution is 2.62. The lowest BCUT2D eigenvalue weighted by Crippen LogP contribution is -2.64. The lowest BCUT2D eigenvalue weighted by Gasteiger charge is -2.60. The monoisotopic (exact) mass is 404 g/mol. The van der Waals surface area contributed by atoms with Crippen molar-refractivity contribution in [2.24, 2.45) is 17.3 Å². The number of hydrogen-bond donors (Lipinski definition) is 1. The second kappa shape index (κ2) is 7.17. The van der Waals surface area contributed by atoms with Crippen LogP contribution in [0.25, 0.3) is 0 Å². The molecule has 5 rings (SSSR count). The number of esters is 1. The van der Waals surface area contributed by atoms with Gasteiger partial charge in [0.15, 0.2) is 6.61 Å². The standard InChI is InChI=1S/C21H28N2O4S/c1-14(24)22-21-9-15-6-16(10-21)8-20(7-15,13-21)19(26)27-12-18(25)23(2)11-17-4-3-5-28-17/h3-5,15-16H,6-13H2,1-2H3,(H,22,24). The van der Waals surface area contributed by atoms with Crippen LogP contribution < -0.4 is 5.32 Å². The normalized spacial score (nSPS) is 32.8. The van der Waals surface area contributed by atoms with Crippen LogP contribution in [0.3, 0.4) is 0 Å². The number of thiophene rings is 1. The van der Waals surface area contributed by atoms with Crippen LogP contribution in [0.5, 0.6) is 0 Å². The van der Waals surface area contributed by atoms with Gasteiger partial charge in [0.1, 0.15) is 0 Å². The maximum atomic E-state index is 13.1. The molecule has 2 atom stereocenters. The number of carbonyl (C=O) groups excluding carboxylic acids is 3. The number of amides is 2. The molecule has 6 nitrogen and oxygen atoms in total. The van der Waals surface area contributed by atoms with Crippen LogP contribution in [0, 0.1) is 17.3 Å². The molecule has 0 saturated heterocycles. The van der Waals surface area contributed by atoms with E-state index in [1.165, 1.54) is 0 Å². The quantitative estimate of drug-likeness (QED) is 0.740. The molecule has 2 amide bonds. The molecule has 1 aromatic heterocycles. The van der Waals surface area contributed by atoms with E-state index in [0.717, 1.165) is 37.0 Å². The van der Waals surface area contributed by atoms with E-state index in [4.69, 9.17) is 4.74 Å². The average molecular weight is 405 g/mol. The number of hydrogen-bond acceptors (Lipinski definition) is 5.